The summed E-state index contributed by atoms with van der Waals surface area (Å²) >= 11 is 0. The van der Waals surface area contributed by atoms with E-state index in [2.05, 4.69) is 10.3 Å². The fraction of sp³-hybridized carbons (Fsp3) is 0.500. The lowest BCUT2D eigenvalue weighted by Gasteiger charge is -2.13. The van der Waals surface area contributed by atoms with Crippen LogP contribution in [0.3, 0.4) is 0 Å². The second-order valence-corrected chi connectivity index (χ2v) is 3.98. The minimum absolute atomic E-state index is 0.117. The van der Waals surface area contributed by atoms with E-state index in [1.807, 2.05) is 26.1 Å². The van der Waals surface area contributed by atoms with Crippen molar-refractivity contribution in [2.24, 2.45) is 0 Å². The number of rotatable bonds is 4. The Kier molecular flexibility index (Phi) is 2.81. The average molecular weight is 220 g/mol. The first-order chi connectivity index (χ1) is 7.73. The summed E-state index contributed by atoms with van der Waals surface area (Å²) in [5.41, 5.74) is 0.555. The molecule has 2 rings (SSSR count). The van der Waals surface area contributed by atoms with Gasteiger partial charge in [-0.1, -0.05) is 6.07 Å². The zero-order chi connectivity index (χ0) is 11.6. The van der Waals surface area contributed by atoms with E-state index in [0.717, 1.165) is 24.2 Å². The number of anilines is 1. The highest BCUT2D eigenvalue weighted by Gasteiger charge is 2.52. The molecule has 0 aromatic carbocycles. The number of carbonyl (C=O) groups is 1. The van der Waals surface area contributed by atoms with Crippen LogP contribution in [0.1, 0.15) is 25.3 Å². The Balaban J connectivity index is 2.19. The third-order valence-corrected chi connectivity index (χ3v) is 2.99. The van der Waals surface area contributed by atoms with Gasteiger partial charge < -0.3 is 10.1 Å². The van der Waals surface area contributed by atoms with Crippen molar-refractivity contribution in [2.75, 3.05) is 19.0 Å². The van der Waals surface area contributed by atoms with E-state index in [-0.39, 0.29) is 5.97 Å². The highest BCUT2D eigenvalue weighted by Crippen LogP contribution is 2.49. The van der Waals surface area contributed by atoms with Crippen LogP contribution in [-0.4, -0.2) is 24.6 Å². The van der Waals surface area contributed by atoms with Gasteiger partial charge in [-0.15, -0.1) is 0 Å². The van der Waals surface area contributed by atoms with Crippen molar-refractivity contribution in [1.29, 1.82) is 0 Å². The third kappa shape index (κ3) is 1.75. The standard InChI is InChI=1S/C12H16N2O2/c1-3-16-11(15)12(6-7-12)9-4-5-10(13-2)14-8-9/h4-5,8H,3,6-7H2,1-2H3,(H,13,14). The second-order valence-electron chi connectivity index (χ2n) is 3.98. The Morgan fingerprint density at radius 2 is 2.31 bits per heavy atom. The number of hydrogen-bond donors (Lipinski definition) is 1. The van der Waals surface area contributed by atoms with Gasteiger partial charge in [-0.3, -0.25) is 4.79 Å². The van der Waals surface area contributed by atoms with Crippen molar-refractivity contribution in [3.8, 4) is 0 Å². The Bertz CT molecular complexity index is 383. The number of esters is 1. The minimum atomic E-state index is -0.407. The summed E-state index contributed by atoms with van der Waals surface area (Å²) in [6, 6.07) is 3.83. The maximum absolute atomic E-state index is 11.8. The maximum atomic E-state index is 11.8. The van der Waals surface area contributed by atoms with Crippen LogP contribution in [0.25, 0.3) is 0 Å². The van der Waals surface area contributed by atoms with Gasteiger partial charge in [0, 0.05) is 13.2 Å². The summed E-state index contributed by atoms with van der Waals surface area (Å²) in [6.07, 6.45) is 3.49. The van der Waals surface area contributed by atoms with Crippen molar-refractivity contribution in [2.45, 2.75) is 25.2 Å². The Hall–Kier alpha value is -1.58. The summed E-state index contributed by atoms with van der Waals surface area (Å²) in [4.78, 5) is 16.0. The lowest BCUT2D eigenvalue weighted by Crippen LogP contribution is -2.23. The fourth-order valence-corrected chi connectivity index (χ4v) is 1.83. The Labute approximate surface area is 95.0 Å². The highest BCUT2D eigenvalue weighted by atomic mass is 16.5. The predicted octanol–water partition coefficient (Wildman–Crippen LogP) is 1.72. The smallest absolute Gasteiger partial charge is 0.316 e. The number of carbonyl (C=O) groups excluding carboxylic acids is 1. The van der Waals surface area contributed by atoms with E-state index in [0.29, 0.717) is 6.61 Å². The minimum Gasteiger partial charge on any atom is -0.465 e. The van der Waals surface area contributed by atoms with E-state index >= 15 is 0 Å². The van der Waals surface area contributed by atoms with Crippen LogP contribution in [0.5, 0.6) is 0 Å². The van der Waals surface area contributed by atoms with Gasteiger partial charge in [0.1, 0.15) is 5.82 Å². The lowest BCUT2D eigenvalue weighted by molar-refractivity contribution is -0.146. The SMILES string of the molecule is CCOC(=O)C1(c2ccc(NC)nc2)CC1. The summed E-state index contributed by atoms with van der Waals surface area (Å²) in [5.74, 6) is 0.692. The fourth-order valence-electron chi connectivity index (χ4n) is 1.83. The van der Waals surface area contributed by atoms with Crippen LogP contribution in [-0.2, 0) is 14.9 Å². The van der Waals surface area contributed by atoms with Crippen LogP contribution in [0.15, 0.2) is 18.3 Å². The monoisotopic (exact) mass is 220 g/mol. The largest absolute Gasteiger partial charge is 0.465 e. The van der Waals surface area contributed by atoms with E-state index < -0.39 is 5.41 Å². The normalized spacial score (nSPS) is 16.6. The topological polar surface area (TPSA) is 51.2 Å². The molecule has 4 nitrogen and oxygen atoms in total. The Morgan fingerprint density at radius 1 is 1.56 bits per heavy atom. The molecule has 86 valence electrons. The van der Waals surface area contributed by atoms with Crippen molar-refractivity contribution in [3.63, 3.8) is 0 Å². The Morgan fingerprint density at radius 3 is 2.75 bits per heavy atom. The molecule has 0 saturated heterocycles. The number of pyridine rings is 1. The summed E-state index contributed by atoms with van der Waals surface area (Å²) in [6.45, 7) is 2.26. The molecule has 1 saturated carbocycles. The molecule has 1 aromatic rings. The predicted molar refractivity (Wildman–Crippen MR) is 61.3 cm³/mol. The van der Waals surface area contributed by atoms with Crippen LogP contribution in [0.2, 0.25) is 0 Å². The molecule has 1 aliphatic carbocycles. The molecular formula is C12H16N2O2. The molecule has 0 bridgehead atoms. The summed E-state index contributed by atoms with van der Waals surface area (Å²) < 4.78 is 5.10. The van der Waals surface area contributed by atoms with E-state index in [9.17, 15) is 4.79 Å². The average Bonchev–Trinajstić information content (AvgIpc) is 3.11. The molecule has 1 N–H and O–H groups in total. The van der Waals surface area contributed by atoms with E-state index in [4.69, 9.17) is 4.74 Å². The highest BCUT2D eigenvalue weighted by molar-refractivity contribution is 5.86. The van der Waals surface area contributed by atoms with Crippen molar-refractivity contribution < 1.29 is 9.53 Å². The number of nitrogens with zero attached hydrogens (tertiary/aromatic N) is 1. The van der Waals surface area contributed by atoms with Gasteiger partial charge in [0.25, 0.3) is 0 Å². The van der Waals surface area contributed by atoms with Gasteiger partial charge >= 0.3 is 5.97 Å². The molecule has 0 radical (unpaired) electrons. The molecule has 0 unspecified atom stereocenters. The maximum Gasteiger partial charge on any atom is 0.316 e. The first-order valence-corrected chi connectivity index (χ1v) is 5.54. The summed E-state index contributed by atoms with van der Waals surface area (Å²) in [7, 11) is 1.82. The molecule has 4 heteroatoms. The van der Waals surface area contributed by atoms with Gasteiger partial charge in [-0.25, -0.2) is 4.98 Å². The zero-order valence-corrected chi connectivity index (χ0v) is 9.62. The van der Waals surface area contributed by atoms with Gasteiger partial charge in [0.15, 0.2) is 0 Å². The third-order valence-electron chi connectivity index (χ3n) is 2.99. The van der Waals surface area contributed by atoms with Crippen molar-refractivity contribution in [1.82, 2.24) is 4.98 Å². The number of hydrogen-bond acceptors (Lipinski definition) is 4. The first kappa shape index (κ1) is 10.9. The number of ether oxygens (including phenoxy) is 1. The first-order valence-electron chi connectivity index (χ1n) is 5.54. The molecule has 0 aliphatic heterocycles. The van der Waals surface area contributed by atoms with E-state index in [1.165, 1.54) is 0 Å². The van der Waals surface area contributed by atoms with Crippen LogP contribution < -0.4 is 5.32 Å². The van der Waals surface area contributed by atoms with Crippen LogP contribution in [0, 0.1) is 0 Å². The van der Waals surface area contributed by atoms with Gasteiger partial charge in [-0.2, -0.15) is 0 Å². The zero-order valence-electron chi connectivity index (χ0n) is 9.62. The number of aromatic nitrogens is 1. The number of nitrogens with one attached hydrogen (secondary N) is 1. The molecule has 1 aromatic heterocycles. The van der Waals surface area contributed by atoms with Crippen molar-refractivity contribution >= 4 is 11.8 Å². The molecule has 1 heterocycles. The van der Waals surface area contributed by atoms with Gasteiger partial charge in [0.05, 0.1) is 12.0 Å². The molecule has 1 fully saturated rings. The molecule has 0 amide bonds. The quantitative estimate of drug-likeness (QED) is 0.785. The second kappa shape index (κ2) is 4.12. The van der Waals surface area contributed by atoms with E-state index in [1.54, 1.807) is 6.20 Å². The van der Waals surface area contributed by atoms with Gasteiger partial charge in [-0.05, 0) is 31.4 Å². The molecule has 16 heavy (non-hydrogen) atoms. The van der Waals surface area contributed by atoms with Crippen LogP contribution in [0.4, 0.5) is 5.82 Å². The summed E-state index contributed by atoms with van der Waals surface area (Å²) in [5, 5.41) is 2.95. The lowest BCUT2D eigenvalue weighted by atomic mass is 9.98. The van der Waals surface area contributed by atoms with Crippen LogP contribution >= 0.6 is 0 Å². The molecular weight excluding hydrogens is 204 g/mol. The van der Waals surface area contributed by atoms with Crippen molar-refractivity contribution in [3.05, 3.63) is 23.9 Å². The van der Waals surface area contributed by atoms with Gasteiger partial charge in [0.2, 0.25) is 0 Å². The molecule has 1 aliphatic rings. The molecule has 0 spiro atoms. The molecule has 0 atom stereocenters.